The van der Waals surface area contributed by atoms with Crippen molar-refractivity contribution in [3.8, 4) is 5.75 Å². The molecular formula is C22H19N3O8. The molecule has 0 radical (unpaired) electrons. The first-order valence-corrected chi connectivity index (χ1v) is 10.3. The normalized spacial score (nSPS) is 20.8. The van der Waals surface area contributed by atoms with Gasteiger partial charge in [-0.25, -0.2) is 4.79 Å². The third-order valence-electron chi connectivity index (χ3n) is 6.08. The van der Waals surface area contributed by atoms with E-state index < -0.39 is 34.9 Å². The van der Waals surface area contributed by atoms with Crippen LogP contribution in [-0.4, -0.2) is 41.1 Å². The van der Waals surface area contributed by atoms with Crippen molar-refractivity contribution in [2.45, 2.75) is 31.6 Å². The maximum absolute atomic E-state index is 13.1. The number of nitrogens with zero attached hydrogens (tertiary/aromatic N) is 2. The molecule has 1 saturated heterocycles. The number of benzene rings is 2. The van der Waals surface area contributed by atoms with Gasteiger partial charge < -0.3 is 19.5 Å². The maximum Gasteiger partial charge on any atom is 0.326 e. The first kappa shape index (κ1) is 20.9. The molecule has 0 saturated carbocycles. The molecule has 2 aliphatic heterocycles. The molecule has 11 heteroatoms. The molecule has 1 N–H and O–H groups in total. The minimum atomic E-state index is -1.17. The fourth-order valence-corrected chi connectivity index (χ4v) is 4.56. The molecule has 1 spiro atoms. The molecule has 170 valence electrons. The van der Waals surface area contributed by atoms with Gasteiger partial charge in [-0.05, 0) is 24.0 Å². The third kappa shape index (κ3) is 3.46. The molecule has 3 amide bonds. The Morgan fingerprint density at radius 3 is 2.88 bits per heavy atom. The molecule has 0 aromatic heterocycles. The monoisotopic (exact) mass is 453 g/mol. The minimum absolute atomic E-state index is 0.0300. The number of hydrogen-bond donors (Lipinski definition) is 1. The molecule has 33 heavy (non-hydrogen) atoms. The summed E-state index contributed by atoms with van der Waals surface area (Å²) < 4.78 is 15.8. The van der Waals surface area contributed by atoms with Gasteiger partial charge in [-0.2, -0.15) is 0 Å². The number of amides is 3. The highest BCUT2D eigenvalue weighted by molar-refractivity contribution is 6.09. The molecule has 11 nitrogen and oxygen atoms in total. The lowest BCUT2D eigenvalue weighted by Crippen LogP contribution is -2.42. The summed E-state index contributed by atoms with van der Waals surface area (Å²) >= 11 is 0. The molecule has 0 unspecified atom stereocenters. The summed E-state index contributed by atoms with van der Waals surface area (Å²) in [4.78, 5) is 49.7. The number of rotatable bonds is 5. The molecule has 1 aliphatic carbocycles. The highest BCUT2D eigenvalue weighted by atomic mass is 16.7. The van der Waals surface area contributed by atoms with E-state index in [0.29, 0.717) is 29.7 Å². The van der Waals surface area contributed by atoms with Crippen LogP contribution < -0.4 is 10.1 Å². The van der Waals surface area contributed by atoms with Gasteiger partial charge in [-0.3, -0.25) is 24.6 Å². The van der Waals surface area contributed by atoms with E-state index in [4.69, 9.17) is 14.2 Å². The smallest absolute Gasteiger partial charge is 0.326 e. The zero-order valence-corrected chi connectivity index (χ0v) is 17.4. The number of esters is 1. The lowest BCUT2D eigenvalue weighted by atomic mass is 9.92. The molecule has 2 aromatic carbocycles. The Kier molecular flexibility index (Phi) is 4.97. The van der Waals surface area contributed by atoms with E-state index in [2.05, 4.69) is 5.32 Å². The number of nitro groups is 1. The van der Waals surface area contributed by atoms with Crippen LogP contribution in [0.3, 0.4) is 0 Å². The second-order valence-electron chi connectivity index (χ2n) is 8.01. The van der Waals surface area contributed by atoms with Gasteiger partial charge in [-0.1, -0.05) is 24.3 Å². The Bertz CT molecular complexity index is 1200. The van der Waals surface area contributed by atoms with Crippen molar-refractivity contribution in [3.05, 3.63) is 68.8 Å². The molecule has 1 atom stereocenters. The minimum Gasteiger partial charge on any atom is -0.467 e. The number of imide groups is 1. The van der Waals surface area contributed by atoms with Crippen molar-refractivity contribution in [1.82, 2.24) is 10.2 Å². The van der Waals surface area contributed by atoms with Crippen molar-refractivity contribution in [2.24, 2.45) is 0 Å². The number of nitrogens with one attached hydrogen (secondary N) is 1. The molecule has 5 rings (SSSR count). The van der Waals surface area contributed by atoms with Gasteiger partial charge >= 0.3 is 12.0 Å². The van der Waals surface area contributed by atoms with Crippen LogP contribution in [0, 0.1) is 10.1 Å². The predicted molar refractivity (Wildman–Crippen MR) is 110 cm³/mol. The van der Waals surface area contributed by atoms with Crippen LogP contribution in [0.25, 0.3) is 0 Å². The van der Waals surface area contributed by atoms with Crippen molar-refractivity contribution in [3.63, 3.8) is 0 Å². The van der Waals surface area contributed by atoms with Gasteiger partial charge in [0.25, 0.3) is 11.6 Å². The second kappa shape index (κ2) is 7.85. The van der Waals surface area contributed by atoms with Crippen LogP contribution in [0.15, 0.2) is 36.4 Å². The lowest BCUT2D eigenvalue weighted by Gasteiger charge is -2.22. The number of fused-ring (bicyclic) bond motifs is 3. The lowest BCUT2D eigenvalue weighted by molar-refractivity contribution is -0.385. The van der Waals surface area contributed by atoms with Gasteiger partial charge in [-0.15, -0.1) is 0 Å². The second-order valence-corrected chi connectivity index (χ2v) is 8.01. The quantitative estimate of drug-likeness (QED) is 0.314. The van der Waals surface area contributed by atoms with E-state index in [-0.39, 0.29) is 25.7 Å². The van der Waals surface area contributed by atoms with Gasteiger partial charge in [0.05, 0.1) is 11.5 Å². The molecule has 2 aromatic rings. The molecule has 3 aliphatic rings. The van der Waals surface area contributed by atoms with Crippen LogP contribution in [0.5, 0.6) is 5.75 Å². The fourth-order valence-electron chi connectivity index (χ4n) is 4.56. The van der Waals surface area contributed by atoms with Crippen molar-refractivity contribution >= 4 is 23.6 Å². The summed E-state index contributed by atoms with van der Waals surface area (Å²) in [5.74, 6) is -0.965. The van der Waals surface area contributed by atoms with Crippen molar-refractivity contribution in [1.29, 1.82) is 0 Å². The number of hydrogen-bond acceptors (Lipinski definition) is 8. The van der Waals surface area contributed by atoms with Gasteiger partial charge in [0.15, 0.2) is 6.79 Å². The number of aryl methyl sites for hydroxylation is 1. The topological polar surface area (TPSA) is 137 Å². The number of non-ortho nitro benzene ring substituents is 1. The first-order valence-electron chi connectivity index (χ1n) is 10.3. The number of carbonyl (C=O) groups is 3. The molecule has 2 heterocycles. The fraction of sp³-hybridized carbons (Fsp3) is 0.318. The van der Waals surface area contributed by atoms with Crippen LogP contribution in [-0.2, 0) is 44.2 Å². The Morgan fingerprint density at radius 2 is 2.06 bits per heavy atom. The van der Waals surface area contributed by atoms with Crippen LogP contribution in [0.2, 0.25) is 0 Å². The summed E-state index contributed by atoms with van der Waals surface area (Å²) in [6.07, 6.45) is 1.06. The van der Waals surface area contributed by atoms with E-state index in [9.17, 15) is 24.5 Å². The SMILES string of the molecule is O=C(CN1C(=O)N[C@]2(CCc3ccccc32)C1=O)OCc1cc([N+](=O)[O-])cc2c1OCOC2. The largest absolute Gasteiger partial charge is 0.467 e. The molecule has 1 fully saturated rings. The highest BCUT2D eigenvalue weighted by Gasteiger charge is 2.55. The van der Waals surface area contributed by atoms with E-state index in [1.165, 1.54) is 12.1 Å². The first-order chi connectivity index (χ1) is 15.9. The summed E-state index contributed by atoms with van der Waals surface area (Å²) in [6.45, 7) is -0.794. The number of nitro benzene ring substituents is 1. The standard InChI is InChI=1S/C22H19N3O8/c26-18(32-11-15-8-16(25(29)30)7-14-10-31-12-33-19(14)15)9-24-20(27)22(23-21(24)28)6-5-13-3-1-2-4-17(13)22/h1-4,7-8H,5-6,9-12H2,(H,23,28)/t22-/m0/s1. The van der Waals surface area contributed by atoms with E-state index in [1.54, 1.807) is 12.1 Å². The summed E-state index contributed by atoms with van der Waals surface area (Å²) in [5.41, 5.74) is 1.13. The Balaban J connectivity index is 1.30. The summed E-state index contributed by atoms with van der Waals surface area (Å²) in [6, 6.07) is 9.32. The number of urea groups is 1. The Morgan fingerprint density at radius 1 is 1.24 bits per heavy atom. The predicted octanol–water partition coefficient (Wildman–Crippen LogP) is 1.90. The van der Waals surface area contributed by atoms with Crippen LogP contribution in [0.4, 0.5) is 10.5 Å². The Labute approximate surface area is 187 Å². The maximum atomic E-state index is 13.1. The van der Waals surface area contributed by atoms with Crippen molar-refractivity contribution < 1.29 is 33.5 Å². The highest BCUT2D eigenvalue weighted by Crippen LogP contribution is 2.41. The molecule has 0 bridgehead atoms. The van der Waals surface area contributed by atoms with Crippen molar-refractivity contribution in [2.75, 3.05) is 13.3 Å². The average molecular weight is 453 g/mol. The molecular weight excluding hydrogens is 434 g/mol. The number of ether oxygens (including phenoxy) is 3. The van der Waals surface area contributed by atoms with Gasteiger partial charge in [0.1, 0.15) is 24.4 Å². The Hall–Kier alpha value is -3.99. The number of carbonyl (C=O) groups excluding carboxylic acids is 3. The van der Waals surface area contributed by atoms with Crippen LogP contribution in [0.1, 0.15) is 28.7 Å². The van der Waals surface area contributed by atoms with E-state index in [1.807, 2.05) is 12.1 Å². The summed E-state index contributed by atoms with van der Waals surface area (Å²) in [7, 11) is 0. The average Bonchev–Trinajstić information content (AvgIpc) is 3.30. The third-order valence-corrected chi connectivity index (χ3v) is 6.08. The van der Waals surface area contributed by atoms with Gasteiger partial charge in [0, 0.05) is 23.3 Å². The van der Waals surface area contributed by atoms with E-state index >= 15 is 0 Å². The zero-order valence-electron chi connectivity index (χ0n) is 17.4. The van der Waals surface area contributed by atoms with Gasteiger partial charge in [0.2, 0.25) is 0 Å². The zero-order chi connectivity index (χ0) is 23.2. The summed E-state index contributed by atoms with van der Waals surface area (Å²) in [5, 5.41) is 14.0. The van der Waals surface area contributed by atoms with E-state index in [0.717, 1.165) is 16.0 Å². The van der Waals surface area contributed by atoms with Crippen LogP contribution >= 0.6 is 0 Å².